The van der Waals surface area contributed by atoms with E-state index in [-0.39, 0.29) is 43.9 Å². The third-order valence-corrected chi connectivity index (χ3v) is 9.38. The number of nitrogens with zero attached hydrogens (tertiary/aromatic N) is 3. The summed E-state index contributed by atoms with van der Waals surface area (Å²) in [5, 5.41) is 0. The highest BCUT2D eigenvalue weighted by Crippen LogP contribution is 2.30. The van der Waals surface area contributed by atoms with Crippen LogP contribution in [0.25, 0.3) is 0 Å². The molecule has 0 unspecified atom stereocenters. The number of carbonyl (C=O) groups excluding carboxylic acids is 4. The number of rotatable bonds is 25. The Labute approximate surface area is 324 Å². The van der Waals surface area contributed by atoms with Crippen LogP contribution in [0.3, 0.4) is 0 Å². The lowest BCUT2D eigenvalue weighted by Gasteiger charge is -2.46. The first-order valence-electron chi connectivity index (χ1n) is 21.0. The van der Waals surface area contributed by atoms with Crippen LogP contribution in [0, 0.1) is 0 Å². The minimum absolute atomic E-state index is 0.0541. The number of Topliss-reactive ketones (excluding diaryl/α,β-unsaturated/α-hetero) is 1. The number of hydrogen-bond donors (Lipinski definition) is 0. The lowest BCUT2D eigenvalue weighted by molar-refractivity contribution is -0.161. The van der Waals surface area contributed by atoms with Gasteiger partial charge in [-0.15, -0.1) is 0 Å². The predicted octanol–water partition coefficient (Wildman–Crippen LogP) is 8.52. The van der Waals surface area contributed by atoms with E-state index in [9.17, 15) is 19.2 Å². The molecule has 1 saturated heterocycles. The molecule has 310 valence electrons. The SMILES string of the molecule is CCCCCCCCCCCCCCCCCC1(N(CC(C)=O)CC(=O)OC(C)(C)C)CN(CC(=O)OC(C)(C)C)CCN(CC(=O)OC(C)(C)C)C1. The van der Waals surface area contributed by atoms with Crippen molar-refractivity contribution in [2.24, 2.45) is 0 Å². The Morgan fingerprint density at radius 2 is 0.868 bits per heavy atom. The summed E-state index contributed by atoms with van der Waals surface area (Å²) >= 11 is 0. The molecule has 0 bridgehead atoms. The summed E-state index contributed by atoms with van der Waals surface area (Å²) in [5.74, 6) is -1.13. The molecule has 1 fully saturated rings. The molecule has 10 nitrogen and oxygen atoms in total. The maximum absolute atomic E-state index is 13.4. The highest BCUT2D eigenvalue weighted by Gasteiger charge is 2.44. The highest BCUT2D eigenvalue weighted by molar-refractivity contribution is 5.79. The molecule has 0 aliphatic carbocycles. The summed E-state index contributed by atoms with van der Waals surface area (Å²) in [5.41, 5.74) is -2.67. The van der Waals surface area contributed by atoms with Crippen molar-refractivity contribution < 1.29 is 33.4 Å². The largest absolute Gasteiger partial charge is 0.459 e. The van der Waals surface area contributed by atoms with E-state index in [1.165, 1.54) is 84.0 Å². The van der Waals surface area contributed by atoms with Crippen LogP contribution in [0.1, 0.15) is 179 Å². The zero-order chi connectivity index (χ0) is 40.1. The average molecular weight is 752 g/mol. The summed E-state index contributed by atoms with van der Waals surface area (Å²) in [6, 6.07) is 0. The zero-order valence-electron chi connectivity index (χ0n) is 36.2. The molecule has 0 aromatic rings. The van der Waals surface area contributed by atoms with E-state index in [0.717, 1.165) is 19.3 Å². The van der Waals surface area contributed by atoms with Crippen molar-refractivity contribution >= 4 is 23.7 Å². The number of ether oxygens (including phenoxy) is 3. The monoisotopic (exact) mass is 752 g/mol. The minimum Gasteiger partial charge on any atom is -0.459 e. The maximum Gasteiger partial charge on any atom is 0.320 e. The number of hydrogen-bond acceptors (Lipinski definition) is 10. The number of carbonyl (C=O) groups is 4. The van der Waals surface area contributed by atoms with Crippen molar-refractivity contribution in [3.05, 3.63) is 0 Å². The molecule has 0 saturated carbocycles. The molecule has 0 N–H and O–H groups in total. The minimum atomic E-state index is -0.723. The molecule has 0 spiro atoms. The second-order valence-corrected chi connectivity index (χ2v) is 18.7. The molecule has 1 aliphatic rings. The third kappa shape index (κ3) is 24.9. The summed E-state index contributed by atoms with van der Waals surface area (Å²) in [6.45, 7) is 22.5. The van der Waals surface area contributed by atoms with E-state index in [1.54, 1.807) is 0 Å². The molecule has 0 aromatic heterocycles. The van der Waals surface area contributed by atoms with Gasteiger partial charge in [-0.2, -0.15) is 0 Å². The van der Waals surface area contributed by atoms with Crippen molar-refractivity contribution in [2.45, 2.75) is 201 Å². The van der Waals surface area contributed by atoms with Crippen LogP contribution < -0.4 is 0 Å². The van der Waals surface area contributed by atoms with Gasteiger partial charge in [-0.1, -0.05) is 103 Å². The van der Waals surface area contributed by atoms with Crippen LogP contribution in [0.15, 0.2) is 0 Å². The number of esters is 3. The molecule has 0 radical (unpaired) electrons. The van der Waals surface area contributed by atoms with Gasteiger partial charge >= 0.3 is 17.9 Å². The first kappa shape index (κ1) is 49.0. The van der Waals surface area contributed by atoms with E-state index in [0.29, 0.717) is 32.6 Å². The van der Waals surface area contributed by atoms with Gasteiger partial charge in [-0.3, -0.25) is 33.9 Å². The van der Waals surface area contributed by atoms with E-state index in [1.807, 2.05) is 67.2 Å². The Morgan fingerprint density at radius 3 is 1.21 bits per heavy atom. The van der Waals surface area contributed by atoms with E-state index in [2.05, 4.69) is 16.7 Å². The maximum atomic E-state index is 13.4. The molecule has 0 atom stereocenters. The summed E-state index contributed by atoms with van der Waals surface area (Å²) < 4.78 is 17.2. The lowest BCUT2D eigenvalue weighted by atomic mass is 9.87. The lowest BCUT2D eigenvalue weighted by Crippen LogP contribution is -2.62. The molecule has 0 aromatic carbocycles. The molecule has 1 rings (SSSR count). The predicted molar refractivity (Wildman–Crippen MR) is 215 cm³/mol. The zero-order valence-corrected chi connectivity index (χ0v) is 36.2. The Morgan fingerprint density at radius 1 is 0.528 bits per heavy atom. The van der Waals surface area contributed by atoms with Gasteiger partial charge in [0.1, 0.15) is 22.6 Å². The van der Waals surface area contributed by atoms with Gasteiger partial charge in [0.25, 0.3) is 0 Å². The Kier molecular flexibility index (Phi) is 22.6. The quantitative estimate of drug-likeness (QED) is 0.0512. The van der Waals surface area contributed by atoms with Crippen LogP contribution in [0.4, 0.5) is 0 Å². The second kappa shape index (κ2) is 24.5. The van der Waals surface area contributed by atoms with Crippen molar-refractivity contribution in [3.8, 4) is 0 Å². The molecule has 1 heterocycles. The fraction of sp³-hybridized carbons (Fsp3) is 0.907. The van der Waals surface area contributed by atoms with E-state index < -0.39 is 28.3 Å². The van der Waals surface area contributed by atoms with Crippen LogP contribution in [0.5, 0.6) is 0 Å². The molecular weight excluding hydrogens is 670 g/mol. The van der Waals surface area contributed by atoms with E-state index >= 15 is 0 Å². The van der Waals surface area contributed by atoms with Crippen LogP contribution in [-0.4, -0.2) is 113 Å². The van der Waals surface area contributed by atoms with Gasteiger partial charge in [-0.25, -0.2) is 0 Å². The average Bonchev–Trinajstić information content (AvgIpc) is 3.15. The Bertz CT molecular complexity index is 1030. The van der Waals surface area contributed by atoms with Crippen LogP contribution >= 0.6 is 0 Å². The van der Waals surface area contributed by atoms with Crippen molar-refractivity contribution in [2.75, 3.05) is 52.4 Å². The van der Waals surface area contributed by atoms with E-state index in [4.69, 9.17) is 14.2 Å². The number of unbranched alkanes of at least 4 members (excludes halogenated alkanes) is 14. The van der Waals surface area contributed by atoms with Crippen molar-refractivity contribution in [3.63, 3.8) is 0 Å². The summed E-state index contributed by atoms with van der Waals surface area (Å²) in [6.07, 6.45) is 19.6. The molecule has 1 aliphatic heterocycles. The second-order valence-electron chi connectivity index (χ2n) is 18.7. The van der Waals surface area contributed by atoms with Gasteiger partial charge in [0.05, 0.1) is 26.2 Å². The highest BCUT2D eigenvalue weighted by atomic mass is 16.6. The molecular formula is C43H81N3O7. The van der Waals surface area contributed by atoms with Gasteiger partial charge in [-0.05, 0) is 75.7 Å². The first-order chi connectivity index (χ1) is 24.6. The van der Waals surface area contributed by atoms with Crippen molar-refractivity contribution in [1.29, 1.82) is 0 Å². The Balaban J connectivity index is 3.18. The molecule has 0 amide bonds. The topological polar surface area (TPSA) is 106 Å². The summed E-state index contributed by atoms with van der Waals surface area (Å²) in [7, 11) is 0. The third-order valence-electron chi connectivity index (χ3n) is 9.38. The Hall–Kier alpha value is -2.04. The summed E-state index contributed by atoms with van der Waals surface area (Å²) in [4.78, 5) is 58.7. The number of ketones is 1. The standard InChI is InChI=1S/C43H81N3O7/c1-12-13-14-15-16-17-18-19-20-21-22-23-24-25-26-27-43(46(30-36(2)47)33-39(50)53-42(9,10)11)34-44(31-37(48)51-40(3,4)5)28-29-45(35-43)32-38(49)52-41(6,7)8/h12-35H2,1-11H3. The van der Waals surface area contributed by atoms with Crippen LogP contribution in [-0.2, 0) is 33.4 Å². The van der Waals surface area contributed by atoms with Gasteiger partial charge in [0.15, 0.2) is 0 Å². The van der Waals surface area contributed by atoms with Crippen LogP contribution in [0.2, 0.25) is 0 Å². The molecule has 53 heavy (non-hydrogen) atoms. The fourth-order valence-corrected chi connectivity index (χ4v) is 7.24. The van der Waals surface area contributed by atoms with Gasteiger partial charge in [0, 0.05) is 31.7 Å². The van der Waals surface area contributed by atoms with Crippen molar-refractivity contribution in [1.82, 2.24) is 14.7 Å². The van der Waals surface area contributed by atoms with Gasteiger partial charge in [0.2, 0.25) is 0 Å². The van der Waals surface area contributed by atoms with Gasteiger partial charge < -0.3 is 14.2 Å². The smallest absolute Gasteiger partial charge is 0.320 e. The fourth-order valence-electron chi connectivity index (χ4n) is 7.24. The normalized spacial score (nSPS) is 16.0. The molecule has 10 heteroatoms. The first-order valence-corrected chi connectivity index (χ1v) is 21.0.